The van der Waals surface area contributed by atoms with Crippen molar-refractivity contribution in [1.29, 1.82) is 0 Å². The van der Waals surface area contributed by atoms with Gasteiger partial charge in [0.05, 0.1) is 7.11 Å². The summed E-state index contributed by atoms with van der Waals surface area (Å²) >= 11 is 5.89. The number of amides is 1. The highest BCUT2D eigenvalue weighted by Crippen LogP contribution is 2.39. The second kappa shape index (κ2) is 8.59. The molecule has 0 radical (unpaired) electrons. The molecule has 0 saturated heterocycles. The summed E-state index contributed by atoms with van der Waals surface area (Å²) < 4.78 is 5.23. The molecule has 1 N–H and O–H groups in total. The molecular weight excluding hydrogens is 346 g/mol. The van der Waals surface area contributed by atoms with Crippen molar-refractivity contribution in [1.82, 2.24) is 0 Å². The molecule has 2 aromatic rings. The Bertz CT molecular complexity index is 719. The molecule has 2 aromatic carbocycles. The minimum absolute atomic E-state index is 0.0162. The van der Waals surface area contributed by atoms with Gasteiger partial charge in [0.15, 0.2) is 0 Å². The van der Waals surface area contributed by atoms with Crippen molar-refractivity contribution in [3.8, 4) is 5.75 Å². The van der Waals surface area contributed by atoms with Crippen LogP contribution in [0.1, 0.15) is 44.1 Å². The molecule has 26 heavy (non-hydrogen) atoms. The molecule has 1 unspecified atom stereocenters. The first-order chi connectivity index (χ1) is 12.6. The molecule has 1 fully saturated rings. The Morgan fingerprint density at radius 2 is 1.65 bits per heavy atom. The maximum atomic E-state index is 12.6. The molecule has 3 nitrogen and oxygen atoms in total. The van der Waals surface area contributed by atoms with Crippen LogP contribution in [-0.2, 0) is 4.79 Å². The van der Waals surface area contributed by atoms with Gasteiger partial charge in [0.2, 0.25) is 5.91 Å². The quantitative estimate of drug-likeness (QED) is 0.710. The zero-order valence-electron chi connectivity index (χ0n) is 15.4. The SMILES string of the molecule is COc1ccc([C@H]2CC[C@H](C(C)C(=O)Nc3ccc(Cl)cc3)CC2)cc1. The van der Waals surface area contributed by atoms with Crippen LogP contribution in [0.25, 0.3) is 0 Å². The number of anilines is 1. The second-order valence-corrected chi connectivity index (χ2v) is 7.61. The van der Waals surface area contributed by atoms with E-state index >= 15 is 0 Å². The number of benzene rings is 2. The number of hydrogen-bond acceptors (Lipinski definition) is 2. The number of nitrogens with one attached hydrogen (secondary N) is 1. The Balaban J connectivity index is 1.53. The van der Waals surface area contributed by atoms with Crippen molar-refractivity contribution >= 4 is 23.2 Å². The molecule has 1 saturated carbocycles. The van der Waals surface area contributed by atoms with Gasteiger partial charge in [-0.05, 0) is 79.5 Å². The second-order valence-electron chi connectivity index (χ2n) is 7.17. The summed E-state index contributed by atoms with van der Waals surface area (Å²) in [5, 5.41) is 3.68. The van der Waals surface area contributed by atoms with E-state index in [4.69, 9.17) is 16.3 Å². The van der Waals surface area contributed by atoms with Crippen molar-refractivity contribution in [2.24, 2.45) is 11.8 Å². The lowest BCUT2D eigenvalue weighted by atomic mass is 9.74. The van der Waals surface area contributed by atoms with Gasteiger partial charge in [-0.2, -0.15) is 0 Å². The van der Waals surface area contributed by atoms with Crippen LogP contribution in [0.2, 0.25) is 5.02 Å². The average Bonchev–Trinajstić information content (AvgIpc) is 2.69. The van der Waals surface area contributed by atoms with E-state index in [9.17, 15) is 4.79 Å². The number of carbonyl (C=O) groups excluding carboxylic acids is 1. The maximum Gasteiger partial charge on any atom is 0.227 e. The summed E-state index contributed by atoms with van der Waals surface area (Å²) in [5.41, 5.74) is 2.18. The summed E-state index contributed by atoms with van der Waals surface area (Å²) in [7, 11) is 1.69. The topological polar surface area (TPSA) is 38.3 Å². The molecular formula is C22H26ClNO2. The first kappa shape index (κ1) is 18.8. The van der Waals surface area contributed by atoms with Gasteiger partial charge < -0.3 is 10.1 Å². The van der Waals surface area contributed by atoms with E-state index in [1.165, 1.54) is 5.56 Å². The van der Waals surface area contributed by atoms with Crippen LogP contribution in [0.5, 0.6) is 5.75 Å². The fraction of sp³-hybridized carbons (Fsp3) is 0.409. The van der Waals surface area contributed by atoms with Gasteiger partial charge in [-0.3, -0.25) is 4.79 Å². The number of halogens is 1. The lowest BCUT2D eigenvalue weighted by Gasteiger charge is -2.32. The molecule has 0 heterocycles. The summed E-state index contributed by atoms with van der Waals surface area (Å²) in [4.78, 5) is 12.6. The summed E-state index contributed by atoms with van der Waals surface area (Å²) in [6.45, 7) is 2.05. The Morgan fingerprint density at radius 1 is 1.04 bits per heavy atom. The van der Waals surface area contributed by atoms with E-state index in [1.54, 1.807) is 19.2 Å². The molecule has 0 aliphatic heterocycles. The first-order valence-electron chi connectivity index (χ1n) is 9.27. The van der Waals surface area contributed by atoms with Crippen molar-refractivity contribution < 1.29 is 9.53 Å². The van der Waals surface area contributed by atoms with Crippen LogP contribution in [0, 0.1) is 11.8 Å². The third kappa shape index (κ3) is 4.59. The molecule has 0 aromatic heterocycles. The summed E-state index contributed by atoms with van der Waals surface area (Å²) in [6, 6.07) is 15.7. The fourth-order valence-corrected chi connectivity index (χ4v) is 3.96. The van der Waals surface area contributed by atoms with Gasteiger partial charge in [0.25, 0.3) is 0 Å². The molecule has 0 spiro atoms. The highest BCUT2D eigenvalue weighted by molar-refractivity contribution is 6.30. The third-order valence-electron chi connectivity index (χ3n) is 5.59. The largest absolute Gasteiger partial charge is 0.497 e. The number of carbonyl (C=O) groups is 1. The van der Waals surface area contributed by atoms with E-state index in [0.717, 1.165) is 37.1 Å². The lowest BCUT2D eigenvalue weighted by Crippen LogP contribution is -2.29. The van der Waals surface area contributed by atoms with Crippen molar-refractivity contribution in [3.63, 3.8) is 0 Å². The molecule has 4 heteroatoms. The highest BCUT2D eigenvalue weighted by atomic mass is 35.5. The van der Waals surface area contributed by atoms with Gasteiger partial charge in [-0.1, -0.05) is 30.7 Å². The monoisotopic (exact) mass is 371 g/mol. The van der Waals surface area contributed by atoms with E-state index in [2.05, 4.69) is 17.4 Å². The molecule has 1 aliphatic rings. The lowest BCUT2D eigenvalue weighted by molar-refractivity contribution is -0.121. The molecule has 3 rings (SSSR count). The molecule has 1 aliphatic carbocycles. The van der Waals surface area contributed by atoms with Gasteiger partial charge in [0, 0.05) is 16.6 Å². The van der Waals surface area contributed by atoms with Crippen LogP contribution >= 0.6 is 11.6 Å². The van der Waals surface area contributed by atoms with Crippen molar-refractivity contribution in [2.75, 3.05) is 12.4 Å². The van der Waals surface area contributed by atoms with Crippen LogP contribution in [0.3, 0.4) is 0 Å². The zero-order valence-corrected chi connectivity index (χ0v) is 16.1. The predicted molar refractivity (Wildman–Crippen MR) is 107 cm³/mol. The van der Waals surface area contributed by atoms with Crippen LogP contribution in [-0.4, -0.2) is 13.0 Å². The summed E-state index contributed by atoms with van der Waals surface area (Å²) in [5.74, 6) is 2.04. The van der Waals surface area contributed by atoms with E-state index in [-0.39, 0.29) is 11.8 Å². The van der Waals surface area contributed by atoms with E-state index in [0.29, 0.717) is 16.9 Å². The minimum Gasteiger partial charge on any atom is -0.497 e. The highest BCUT2D eigenvalue weighted by Gasteiger charge is 2.29. The van der Waals surface area contributed by atoms with Crippen molar-refractivity contribution in [3.05, 3.63) is 59.1 Å². The van der Waals surface area contributed by atoms with E-state index in [1.807, 2.05) is 31.2 Å². The van der Waals surface area contributed by atoms with Crippen LogP contribution in [0.4, 0.5) is 5.69 Å². The number of rotatable bonds is 5. The van der Waals surface area contributed by atoms with Crippen LogP contribution < -0.4 is 10.1 Å². The fourth-order valence-electron chi connectivity index (χ4n) is 3.83. The standard InChI is InChI=1S/C22H26ClNO2/c1-15(22(25)24-20-11-9-19(23)10-12-20)16-3-5-17(6-4-16)18-7-13-21(26-2)14-8-18/h7-17H,3-6H2,1-2H3,(H,24,25)/t15?,16-,17-. The number of ether oxygens (including phenoxy) is 1. The number of methoxy groups -OCH3 is 1. The first-order valence-corrected chi connectivity index (χ1v) is 9.65. The Hall–Kier alpha value is -2.00. The maximum absolute atomic E-state index is 12.6. The van der Waals surface area contributed by atoms with Gasteiger partial charge in [-0.15, -0.1) is 0 Å². The van der Waals surface area contributed by atoms with Crippen molar-refractivity contribution in [2.45, 2.75) is 38.5 Å². The number of hydrogen-bond donors (Lipinski definition) is 1. The minimum atomic E-state index is 0.0162. The molecule has 0 bridgehead atoms. The predicted octanol–water partition coefficient (Wildman–Crippen LogP) is 5.90. The Morgan fingerprint density at radius 3 is 2.23 bits per heavy atom. The van der Waals surface area contributed by atoms with E-state index < -0.39 is 0 Å². The Labute approximate surface area is 160 Å². The van der Waals surface area contributed by atoms with Crippen LogP contribution in [0.15, 0.2) is 48.5 Å². The average molecular weight is 372 g/mol. The van der Waals surface area contributed by atoms with Gasteiger partial charge >= 0.3 is 0 Å². The smallest absolute Gasteiger partial charge is 0.227 e. The zero-order chi connectivity index (χ0) is 18.5. The molecule has 1 amide bonds. The summed E-state index contributed by atoms with van der Waals surface area (Å²) in [6.07, 6.45) is 4.45. The normalized spacial score (nSPS) is 21.0. The molecule has 138 valence electrons. The Kier molecular flexibility index (Phi) is 6.20. The van der Waals surface area contributed by atoms with Gasteiger partial charge in [0.1, 0.15) is 5.75 Å². The molecule has 1 atom stereocenters. The third-order valence-corrected chi connectivity index (χ3v) is 5.84. The van der Waals surface area contributed by atoms with Gasteiger partial charge in [-0.25, -0.2) is 0 Å².